The Bertz CT molecular complexity index is 887. The topological polar surface area (TPSA) is 63.2 Å². The van der Waals surface area contributed by atoms with E-state index in [1.54, 1.807) is 42.7 Å². The molecule has 26 heavy (non-hydrogen) atoms. The van der Waals surface area contributed by atoms with E-state index in [9.17, 15) is 4.79 Å². The number of halogens is 2. The first kappa shape index (κ1) is 18.0. The van der Waals surface area contributed by atoms with Gasteiger partial charge in [0.25, 0.3) is 0 Å². The van der Waals surface area contributed by atoms with Crippen molar-refractivity contribution in [3.05, 3.63) is 77.0 Å². The molecule has 1 amide bonds. The molecule has 0 bridgehead atoms. The molecule has 2 N–H and O–H groups in total. The van der Waals surface area contributed by atoms with Gasteiger partial charge in [-0.15, -0.1) is 0 Å². The SMILES string of the molecule is O=C(CNc1ccc(Oc2ccncc2)cc1)Nc1ccc(Cl)cc1Cl. The first-order chi connectivity index (χ1) is 12.6. The smallest absolute Gasteiger partial charge is 0.243 e. The van der Waals surface area contributed by atoms with E-state index < -0.39 is 0 Å². The molecule has 1 aromatic heterocycles. The summed E-state index contributed by atoms with van der Waals surface area (Å²) in [7, 11) is 0. The lowest BCUT2D eigenvalue weighted by molar-refractivity contribution is -0.114. The van der Waals surface area contributed by atoms with Gasteiger partial charge in [0.1, 0.15) is 11.5 Å². The molecule has 1 heterocycles. The predicted molar refractivity (Wildman–Crippen MR) is 104 cm³/mol. The van der Waals surface area contributed by atoms with Gasteiger partial charge < -0.3 is 15.4 Å². The first-order valence-corrected chi connectivity index (χ1v) is 8.52. The minimum atomic E-state index is -0.216. The Hall–Kier alpha value is -2.76. The van der Waals surface area contributed by atoms with Gasteiger partial charge in [0.15, 0.2) is 0 Å². The van der Waals surface area contributed by atoms with E-state index in [1.807, 2.05) is 24.3 Å². The first-order valence-electron chi connectivity index (χ1n) is 7.77. The lowest BCUT2D eigenvalue weighted by Crippen LogP contribution is -2.21. The van der Waals surface area contributed by atoms with E-state index in [2.05, 4.69) is 15.6 Å². The fraction of sp³-hybridized carbons (Fsp3) is 0.0526. The molecule has 132 valence electrons. The van der Waals surface area contributed by atoms with Gasteiger partial charge in [-0.1, -0.05) is 23.2 Å². The van der Waals surface area contributed by atoms with Crippen LogP contribution in [0.2, 0.25) is 10.0 Å². The Morgan fingerprint density at radius 3 is 2.35 bits per heavy atom. The van der Waals surface area contributed by atoms with Crippen LogP contribution in [-0.2, 0) is 4.79 Å². The Labute approximate surface area is 160 Å². The van der Waals surface area contributed by atoms with E-state index in [0.717, 1.165) is 5.69 Å². The molecule has 0 aliphatic rings. The number of benzene rings is 2. The second-order valence-corrected chi connectivity index (χ2v) is 6.18. The fourth-order valence-electron chi connectivity index (χ4n) is 2.15. The van der Waals surface area contributed by atoms with Crippen molar-refractivity contribution in [2.75, 3.05) is 17.2 Å². The number of rotatable bonds is 6. The highest BCUT2D eigenvalue weighted by Crippen LogP contribution is 2.25. The number of nitrogens with zero attached hydrogens (tertiary/aromatic N) is 1. The lowest BCUT2D eigenvalue weighted by Gasteiger charge is -2.10. The van der Waals surface area contributed by atoms with Crippen molar-refractivity contribution in [2.45, 2.75) is 0 Å². The van der Waals surface area contributed by atoms with Crippen LogP contribution in [0.3, 0.4) is 0 Å². The Morgan fingerprint density at radius 1 is 0.962 bits per heavy atom. The van der Waals surface area contributed by atoms with E-state index in [1.165, 1.54) is 0 Å². The zero-order valence-corrected chi connectivity index (χ0v) is 15.1. The lowest BCUT2D eigenvalue weighted by atomic mass is 10.3. The van der Waals surface area contributed by atoms with Gasteiger partial charge >= 0.3 is 0 Å². The van der Waals surface area contributed by atoms with Gasteiger partial charge in [0.05, 0.1) is 17.3 Å². The minimum absolute atomic E-state index is 0.101. The average Bonchev–Trinajstić information content (AvgIpc) is 2.64. The van der Waals surface area contributed by atoms with Crippen molar-refractivity contribution in [1.82, 2.24) is 4.98 Å². The van der Waals surface area contributed by atoms with Gasteiger partial charge in [-0.25, -0.2) is 0 Å². The molecule has 0 radical (unpaired) electrons. The standard InChI is InChI=1S/C19H15Cl2N3O2/c20-13-1-6-18(17(21)11-13)24-19(25)12-23-14-2-4-15(5-3-14)26-16-7-9-22-10-8-16/h1-11,23H,12H2,(H,24,25). The summed E-state index contributed by atoms with van der Waals surface area (Å²) in [5, 5.41) is 6.68. The Kier molecular flexibility index (Phi) is 5.94. The Morgan fingerprint density at radius 2 is 1.65 bits per heavy atom. The highest BCUT2D eigenvalue weighted by molar-refractivity contribution is 6.36. The number of anilines is 2. The largest absolute Gasteiger partial charge is 0.457 e. The van der Waals surface area contributed by atoms with Crippen LogP contribution in [0.5, 0.6) is 11.5 Å². The number of carbonyl (C=O) groups excluding carboxylic acids is 1. The van der Waals surface area contributed by atoms with Gasteiger partial charge in [-0.2, -0.15) is 0 Å². The molecule has 0 unspecified atom stereocenters. The number of amides is 1. The molecule has 0 saturated heterocycles. The van der Waals surface area contributed by atoms with Crippen LogP contribution in [0.25, 0.3) is 0 Å². The Balaban J connectivity index is 1.52. The maximum absolute atomic E-state index is 12.0. The van der Waals surface area contributed by atoms with Gasteiger partial charge in [0, 0.05) is 23.1 Å². The van der Waals surface area contributed by atoms with Crippen molar-refractivity contribution in [1.29, 1.82) is 0 Å². The van der Waals surface area contributed by atoms with Crippen LogP contribution in [0.1, 0.15) is 0 Å². The van der Waals surface area contributed by atoms with Crippen LogP contribution in [-0.4, -0.2) is 17.4 Å². The van der Waals surface area contributed by atoms with Crippen molar-refractivity contribution in [3.63, 3.8) is 0 Å². The molecular formula is C19H15Cl2N3O2. The fourth-order valence-corrected chi connectivity index (χ4v) is 2.61. The summed E-state index contributed by atoms with van der Waals surface area (Å²) in [6.07, 6.45) is 3.33. The zero-order chi connectivity index (χ0) is 18.4. The molecule has 0 aliphatic heterocycles. The quantitative estimate of drug-likeness (QED) is 0.607. The van der Waals surface area contributed by atoms with Crippen molar-refractivity contribution < 1.29 is 9.53 Å². The van der Waals surface area contributed by atoms with E-state index in [4.69, 9.17) is 27.9 Å². The summed E-state index contributed by atoms with van der Waals surface area (Å²) in [4.78, 5) is 16.0. The van der Waals surface area contributed by atoms with E-state index in [0.29, 0.717) is 27.2 Å². The zero-order valence-electron chi connectivity index (χ0n) is 13.6. The summed E-state index contributed by atoms with van der Waals surface area (Å²) < 4.78 is 5.69. The second kappa shape index (κ2) is 8.56. The monoisotopic (exact) mass is 387 g/mol. The highest BCUT2D eigenvalue weighted by atomic mass is 35.5. The van der Waals surface area contributed by atoms with Gasteiger partial charge in [0.2, 0.25) is 5.91 Å². The summed E-state index contributed by atoms with van der Waals surface area (Å²) >= 11 is 11.9. The average molecular weight is 388 g/mol. The van der Waals surface area contributed by atoms with Gasteiger partial charge in [-0.05, 0) is 54.6 Å². The number of aromatic nitrogens is 1. The highest BCUT2D eigenvalue weighted by Gasteiger charge is 2.06. The summed E-state index contributed by atoms with van der Waals surface area (Å²) in [6, 6.07) is 15.8. The number of pyridine rings is 1. The van der Waals surface area contributed by atoms with Crippen molar-refractivity contribution >= 4 is 40.5 Å². The number of nitrogens with one attached hydrogen (secondary N) is 2. The molecule has 7 heteroatoms. The molecule has 0 spiro atoms. The summed E-state index contributed by atoms with van der Waals surface area (Å²) in [5.41, 5.74) is 1.31. The summed E-state index contributed by atoms with van der Waals surface area (Å²) in [6.45, 7) is 0.101. The third-order valence-corrected chi connectivity index (χ3v) is 3.95. The van der Waals surface area contributed by atoms with E-state index >= 15 is 0 Å². The molecule has 0 saturated carbocycles. The summed E-state index contributed by atoms with van der Waals surface area (Å²) in [5.74, 6) is 1.19. The molecule has 3 aromatic rings. The third-order valence-electron chi connectivity index (χ3n) is 3.40. The minimum Gasteiger partial charge on any atom is -0.457 e. The predicted octanol–water partition coefficient (Wildman–Crippen LogP) is 5.23. The number of ether oxygens (including phenoxy) is 1. The molecule has 0 atom stereocenters. The van der Waals surface area contributed by atoms with Crippen LogP contribution >= 0.6 is 23.2 Å². The normalized spacial score (nSPS) is 10.2. The molecule has 0 fully saturated rings. The second-order valence-electron chi connectivity index (χ2n) is 5.34. The number of carbonyl (C=O) groups is 1. The van der Waals surface area contributed by atoms with Crippen LogP contribution in [0.4, 0.5) is 11.4 Å². The molecule has 0 aliphatic carbocycles. The maximum atomic E-state index is 12.0. The third kappa shape index (κ3) is 5.12. The van der Waals surface area contributed by atoms with Crippen LogP contribution in [0.15, 0.2) is 67.0 Å². The number of hydrogen-bond donors (Lipinski definition) is 2. The van der Waals surface area contributed by atoms with Crippen LogP contribution < -0.4 is 15.4 Å². The molecular weight excluding hydrogens is 373 g/mol. The van der Waals surface area contributed by atoms with Gasteiger partial charge in [-0.3, -0.25) is 9.78 Å². The maximum Gasteiger partial charge on any atom is 0.243 e. The van der Waals surface area contributed by atoms with E-state index in [-0.39, 0.29) is 12.5 Å². The molecule has 3 rings (SSSR count). The van der Waals surface area contributed by atoms with Crippen molar-refractivity contribution in [3.8, 4) is 11.5 Å². The molecule has 5 nitrogen and oxygen atoms in total. The number of hydrogen-bond acceptors (Lipinski definition) is 4. The van der Waals surface area contributed by atoms with Crippen molar-refractivity contribution in [2.24, 2.45) is 0 Å². The van der Waals surface area contributed by atoms with Crippen LogP contribution in [0, 0.1) is 0 Å². The molecule has 2 aromatic carbocycles.